The third-order valence-corrected chi connectivity index (χ3v) is 6.25. The van der Waals surface area contributed by atoms with Crippen LogP contribution in [0, 0.1) is 0 Å². The second-order valence-corrected chi connectivity index (χ2v) is 9.79. The Morgan fingerprint density at radius 2 is 1.91 bits per heavy atom. The SMILES string of the molecule is CC(C)Oc1c(Cl)cc(C=Nn2c(-c3cc4cc(Cl)ccc4o3)nc3ccccc3c2=O)cc1Br. The Morgan fingerprint density at radius 3 is 2.69 bits per heavy atom. The second-order valence-electron chi connectivity index (χ2n) is 8.09. The van der Waals surface area contributed by atoms with Crippen LogP contribution in [-0.4, -0.2) is 22.0 Å². The first-order valence-electron chi connectivity index (χ1n) is 10.7. The number of para-hydroxylation sites is 1. The Morgan fingerprint density at radius 1 is 1.11 bits per heavy atom. The van der Waals surface area contributed by atoms with E-state index in [-0.39, 0.29) is 17.5 Å². The fraction of sp³-hybridized carbons (Fsp3) is 0.115. The first-order valence-corrected chi connectivity index (χ1v) is 12.3. The lowest BCUT2D eigenvalue weighted by Crippen LogP contribution is -2.20. The van der Waals surface area contributed by atoms with Crippen LogP contribution >= 0.6 is 39.1 Å². The summed E-state index contributed by atoms with van der Waals surface area (Å²) in [5, 5.41) is 6.71. The lowest BCUT2D eigenvalue weighted by Gasteiger charge is -2.13. The highest BCUT2D eigenvalue weighted by atomic mass is 79.9. The fourth-order valence-electron chi connectivity index (χ4n) is 3.64. The average Bonchev–Trinajstić information content (AvgIpc) is 3.23. The minimum Gasteiger partial charge on any atom is -0.488 e. The molecule has 0 saturated carbocycles. The van der Waals surface area contributed by atoms with Gasteiger partial charge in [-0.3, -0.25) is 4.79 Å². The van der Waals surface area contributed by atoms with Crippen LogP contribution < -0.4 is 10.3 Å². The van der Waals surface area contributed by atoms with Gasteiger partial charge in [0.1, 0.15) is 5.58 Å². The number of ether oxygens (including phenoxy) is 1. The Labute approximate surface area is 218 Å². The smallest absolute Gasteiger partial charge is 0.282 e. The van der Waals surface area contributed by atoms with E-state index in [4.69, 9.17) is 32.4 Å². The predicted molar refractivity (Wildman–Crippen MR) is 144 cm³/mol. The van der Waals surface area contributed by atoms with Gasteiger partial charge in [0.05, 0.1) is 32.7 Å². The molecular weight excluding hydrogens is 553 g/mol. The molecule has 0 fully saturated rings. The van der Waals surface area contributed by atoms with Crippen LogP contribution in [-0.2, 0) is 0 Å². The molecule has 9 heteroatoms. The Kier molecular flexibility index (Phi) is 6.40. The molecule has 0 atom stereocenters. The number of nitrogens with zero attached hydrogens (tertiary/aromatic N) is 3. The highest BCUT2D eigenvalue weighted by Gasteiger charge is 2.17. The summed E-state index contributed by atoms with van der Waals surface area (Å²) in [6, 6.07) is 17.7. The molecule has 0 saturated heterocycles. The van der Waals surface area contributed by atoms with Gasteiger partial charge in [-0.15, -0.1) is 0 Å². The Bertz CT molecular complexity index is 1650. The molecule has 2 heterocycles. The molecule has 0 amide bonds. The van der Waals surface area contributed by atoms with E-state index < -0.39 is 0 Å². The van der Waals surface area contributed by atoms with Gasteiger partial charge < -0.3 is 9.15 Å². The zero-order valence-electron chi connectivity index (χ0n) is 18.6. The predicted octanol–water partition coefficient (Wildman–Crippen LogP) is 7.55. The van der Waals surface area contributed by atoms with E-state index in [2.05, 4.69) is 26.0 Å². The van der Waals surface area contributed by atoms with Crippen molar-refractivity contribution in [2.24, 2.45) is 5.10 Å². The highest BCUT2D eigenvalue weighted by Crippen LogP contribution is 2.35. The number of hydrogen-bond donors (Lipinski definition) is 0. The third-order valence-electron chi connectivity index (χ3n) is 5.15. The van der Waals surface area contributed by atoms with Crippen molar-refractivity contribution in [2.45, 2.75) is 20.0 Å². The minimum atomic E-state index is -0.328. The van der Waals surface area contributed by atoms with Crippen LogP contribution in [0.4, 0.5) is 0 Å². The topological polar surface area (TPSA) is 69.6 Å². The van der Waals surface area contributed by atoms with Crippen LogP contribution in [0.2, 0.25) is 10.0 Å². The van der Waals surface area contributed by atoms with Crippen LogP contribution in [0.25, 0.3) is 33.5 Å². The summed E-state index contributed by atoms with van der Waals surface area (Å²) >= 11 is 16.1. The van der Waals surface area contributed by atoms with Crippen molar-refractivity contribution >= 4 is 67.2 Å². The molecule has 5 rings (SSSR count). The van der Waals surface area contributed by atoms with Gasteiger partial charge in [0.15, 0.2) is 11.5 Å². The number of hydrogen-bond acceptors (Lipinski definition) is 5. The van der Waals surface area contributed by atoms with E-state index >= 15 is 0 Å². The van der Waals surface area contributed by atoms with Crippen LogP contribution in [0.5, 0.6) is 5.75 Å². The molecule has 0 spiro atoms. The van der Waals surface area contributed by atoms with Gasteiger partial charge in [-0.25, -0.2) is 4.98 Å². The number of rotatable bonds is 5. The third kappa shape index (κ3) is 4.72. The van der Waals surface area contributed by atoms with Gasteiger partial charge >= 0.3 is 0 Å². The first kappa shape index (κ1) is 23.6. The van der Waals surface area contributed by atoms with Crippen molar-refractivity contribution in [1.82, 2.24) is 9.66 Å². The maximum Gasteiger partial charge on any atom is 0.282 e. The summed E-state index contributed by atoms with van der Waals surface area (Å²) in [6.07, 6.45) is 1.50. The number of benzene rings is 3. The lowest BCUT2D eigenvalue weighted by molar-refractivity contribution is 0.241. The zero-order chi connectivity index (χ0) is 24.7. The molecule has 176 valence electrons. The number of aromatic nitrogens is 2. The molecule has 0 N–H and O–H groups in total. The molecule has 3 aromatic carbocycles. The summed E-state index contributed by atoms with van der Waals surface area (Å²) in [4.78, 5) is 18.1. The van der Waals surface area contributed by atoms with Crippen LogP contribution in [0.15, 0.2) is 79.4 Å². The van der Waals surface area contributed by atoms with Crippen molar-refractivity contribution in [3.63, 3.8) is 0 Å². The molecule has 0 radical (unpaired) electrons. The summed E-state index contributed by atoms with van der Waals surface area (Å²) in [5.41, 5.74) is 1.50. The second kappa shape index (κ2) is 9.49. The number of fused-ring (bicyclic) bond motifs is 2. The van der Waals surface area contributed by atoms with E-state index in [9.17, 15) is 4.79 Å². The van der Waals surface area contributed by atoms with Gasteiger partial charge in [-0.2, -0.15) is 9.78 Å². The van der Waals surface area contributed by atoms with E-state index in [1.54, 1.807) is 48.5 Å². The van der Waals surface area contributed by atoms with Crippen molar-refractivity contribution in [2.75, 3.05) is 0 Å². The number of furan rings is 1. The maximum atomic E-state index is 13.4. The molecule has 6 nitrogen and oxygen atoms in total. The highest BCUT2D eigenvalue weighted by molar-refractivity contribution is 9.10. The summed E-state index contributed by atoms with van der Waals surface area (Å²) in [5.74, 6) is 1.20. The molecule has 35 heavy (non-hydrogen) atoms. The quantitative estimate of drug-likeness (QED) is 0.205. The molecule has 0 aliphatic heterocycles. The van der Waals surface area contributed by atoms with E-state index in [1.807, 2.05) is 26.0 Å². The van der Waals surface area contributed by atoms with Crippen molar-refractivity contribution in [3.05, 3.63) is 91.1 Å². The molecule has 0 unspecified atom stereocenters. The van der Waals surface area contributed by atoms with Gasteiger partial charge in [0, 0.05) is 10.4 Å². The molecule has 2 aromatic heterocycles. The summed E-state index contributed by atoms with van der Waals surface area (Å²) < 4.78 is 13.7. The van der Waals surface area contributed by atoms with Crippen molar-refractivity contribution in [3.8, 4) is 17.3 Å². The van der Waals surface area contributed by atoms with Gasteiger partial charge in [-0.05, 0) is 83.9 Å². The van der Waals surface area contributed by atoms with Gasteiger partial charge in [0.25, 0.3) is 5.56 Å². The van der Waals surface area contributed by atoms with Crippen LogP contribution in [0.1, 0.15) is 19.4 Å². The first-order chi connectivity index (χ1) is 16.8. The van der Waals surface area contributed by atoms with Crippen LogP contribution in [0.3, 0.4) is 0 Å². The molecule has 0 bridgehead atoms. The van der Waals surface area contributed by atoms with Crippen molar-refractivity contribution < 1.29 is 9.15 Å². The standard InChI is InChI=1S/C26H18BrCl2N3O3/c1-14(2)34-24-19(27)9-15(10-20(24)29)13-30-32-25(31-21-6-4-3-5-18(21)26(32)33)23-12-16-11-17(28)7-8-22(16)35-23/h3-14H,1-2H3. The summed E-state index contributed by atoms with van der Waals surface area (Å²) in [7, 11) is 0. The van der Waals surface area contributed by atoms with E-state index in [1.165, 1.54) is 10.9 Å². The number of halogens is 3. The maximum absolute atomic E-state index is 13.4. The Balaban J connectivity index is 1.66. The lowest BCUT2D eigenvalue weighted by atomic mass is 10.2. The molecule has 0 aliphatic rings. The van der Waals surface area contributed by atoms with E-state index in [0.717, 1.165) is 5.39 Å². The Hall–Kier alpha value is -3.13. The molecular formula is C26H18BrCl2N3O3. The summed E-state index contributed by atoms with van der Waals surface area (Å²) in [6.45, 7) is 3.84. The fourth-order valence-corrected chi connectivity index (χ4v) is 4.78. The molecule has 0 aliphatic carbocycles. The average molecular weight is 571 g/mol. The van der Waals surface area contributed by atoms with Gasteiger partial charge in [-0.1, -0.05) is 35.3 Å². The normalized spacial score (nSPS) is 11.8. The van der Waals surface area contributed by atoms with E-state index in [0.29, 0.717) is 48.1 Å². The zero-order valence-corrected chi connectivity index (χ0v) is 21.7. The minimum absolute atomic E-state index is 0.0354. The van der Waals surface area contributed by atoms with Gasteiger partial charge in [0.2, 0.25) is 5.82 Å². The monoisotopic (exact) mass is 569 g/mol. The van der Waals surface area contributed by atoms with Crippen molar-refractivity contribution in [1.29, 1.82) is 0 Å². The molecule has 5 aromatic rings. The largest absolute Gasteiger partial charge is 0.488 e.